The van der Waals surface area contributed by atoms with Crippen LogP contribution in [0.1, 0.15) is 30.3 Å². The fraction of sp³-hybridized carbons (Fsp3) is 0.412. The Labute approximate surface area is 140 Å². The maximum Gasteiger partial charge on any atom is 0.272 e. The van der Waals surface area contributed by atoms with E-state index in [0.717, 1.165) is 30.6 Å². The number of rotatable bonds is 3. The van der Waals surface area contributed by atoms with E-state index in [4.69, 9.17) is 17.3 Å². The Kier molecular flexibility index (Phi) is 4.68. The van der Waals surface area contributed by atoms with Crippen molar-refractivity contribution in [2.45, 2.75) is 25.8 Å². The topological polar surface area (TPSA) is 75.0 Å². The fourth-order valence-corrected chi connectivity index (χ4v) is 3.22. The number of likely N-dealkylation sites (tertiary alicyclic amines) is 1. The summed E-state index contributed by atoms with van der Waals surface area (Å²) in [7, 11) is 0. The molecule has 3 rings (SSSR count). The van der Waals surface area contributed by atoms with Gasteiger partial charge in [0.1, 0.15) is 5.69 Å². The predicted octanol–water partition coefficient (Wildman–Crippen LogP) is 2.93. The first-order chi connectivity index (χ1) is 11.1. The van der Waals surface area contributed by atoms with Crippen molar-refractivity contribution in [3.63, 3.8) is 0 Å². The van der Waals surface area contributed by atoms with Crippen molar-refractivity contribution in [2.75, 3.05) is 13.1 Å². The number of nitrogens with one attached hydrogen (secondary N) is 1. The first-order valence-corrected chi connectivity index (χ1v) is 8.28. The van der Waals surface area contributed by atoms with Gasteiger partial charge in [-0.2, -0.15) is 5.10 Å². The highest BCUT2D eigenvalue weighted by Crippen LogP contribution is 2.25. The summed E-state index contributed by atoms with van der Waals surface area (Å²) in [5.74, 6) is 0.582. The third-order valence-corrected chi connectivity index (χ3v) is 4.71. The first-order valence-electron chi connectivity index (χ1n) is 7.91. The van der Waals surface area contributed by atoms with Crippen molar-refractivity contribution in [3.05, 3.63) is 41.0 Å². The number of aromatic amines is 1. The van der Waals surface area contributed by atoms with Crippen molar-refractivity contribution in [1.29, 1.82) is 0 Å². The van der Waals surface area contributed by atoms with Gasteiger partial charge in [-0.05, 0) is 37.0 Å². The molecule has 122 valence electrons. The third-order valence-electron chi connectivity index (χ3n) is 4.46. The highest BCUT2D eigenvalue weighted by Gasteiger charge is 2.30. The molecule has 3 N–H and O–H groups in total. The monoisotopic (exact) mass is 332 g/mol. The second-order valence-corrected chi connectivity index (χ2v) is 6.63. The highest BCUT2D eigenvalue weighted by atomic mass is 35.5. The van der Waals surface area contributed by atoms with Crippen LogP contribution in [0.4, 0.5) is 0 Å². The van der Waals surface area contributed by atoms with Gasteiger partial charge in [0.05, 0.1) is 5.69 Å². The van der Waals surface area contributed by atoms with E-state index in [2.05, 4.69) is 17.1 Å². The van der Waals surface area contributed by atoms with Gasteiger partial charge in [0.15, 0.2) is 0 Å². The largest absolute Gasteiger partial charge is 0.333 e. The number of aromatic nitrogens is 2. The van der Waals surface area contributed by atoms with E-state index in [1.165, 1.54) is 0 Å². The van der Waals surface area contributed by atoms with Crippen molar-refractivity contribution in [2.24, 2.45) is 11.7 Å². The van der Waals surface area contributed by atoms with Crippen molar-refractivity contribution in [1.82, 2.24) is 15.1 Å². The summed E-state index contributed by atoms with van der Waals surface area (Å²) in [6.07, 6.45) is 1.97. The molecule has 1 aromatic heterocycles. The fourth-order valence-electron chi connectivity index (χ4n) is 3.10. The summed E-state index contributed by atoms with van der Waals surface area (Å²) < 4.78 is 0. The number of carbonyl (C=O) groups excluding carboxylic acids is 1. The number of hydrogen-bond acceptors (Lipinski definition) is 3. The Morgan fingerprint density at radius 3 is 2.87 bits per heavy atom. The van der Waals surface area contributed by atoms with Crippen LogP contribution in [0.25, 0.3) is 11.3 Å². The van der Waals surface area contributed by atoms with Crippen molar-refractivity contribution < 1.29 is 4.79 Å². The SMILES string of the molecule is CC1CCN(C(=O)c2cc(-c3ccc(Cl)cc3)n[nH]2)C(CN)C1. The van der Waals surface area contributed by atoms with E-state index in [0.29, 0.717) is 23.2 Å². The summed E-state index contributed by atoms with van der Waals surface area (Å²) in [5.41, 5.74) is 8.01. The minimum absolute atomic E-state index is 0.0277. The van der Waals surface area contributed by atoms with Gasteiger partial charge in [0, 0.05) is 29.7 Å². The Hall–Kier alpha value is -1.85. The Morgan fingerprint density at radius 2 is 2.17 bits per heavy atom. The molecule has 0 spiro atoms. The van der Waals surface area contributed by atoms with Crippen LogP contribution in [0.15, 0.2) is 30.3 Å². The van der Waals surface area contributed by atoms with E-state index in [-0.39, 0.29) is 11.9 Å². The van der Waals surface area contributed by atoms with Crippen LogP contribution in [0.5, 0.6) is 0 Å². The van der Waals surface area contributed by atoms with Gasteiger partial charge in [-0.3, -0.25) is 9.89 Å². The van der Waals surface area contributed by atoms with E-state index >= 15 is 0 Å². The van der Waals surface area contributed by atoms with Crippen LogP contribution in [-0.2, 0) is 0 Å². The number of carbonyl (C=O) groups is 1. The lowest BCUT2D eigenvalue weighted by Crippen LogP contribution is -2.49. The molecule has 23 heavy (non-hydrogen) atoms. The van der Waals surface area contributed by atoms with Gasteiger partial charge in [-0.25, -0.2) is 0 Å². The standard InChI is InChI=1S/C17H21ClN4O/c1-11-6-7-22(14(8-11)10-19)17(23)16-9-15(20-21-16)12-2-4-13(18)5-3-12/h2-5,9,11,14H,6-8,10,19H2,1H3,(H,20,21). The maximum atomic E-state index is 12.8. The molecule has 1 amide bonds. The average Bonchev–Trinajstić information content (AvgIpc) is 3.04. The molecule has 1 aromatic carbocycles. The second-order valence-electron chi connectivity index (χ2n) is 6.19. The lowest BCUT2D eigenvalue weighted by atomic mass is 9.92. The molecule has 1 fully saturated rings. The summed E-state index contributed by atoms with van der Waals surface area (Å²) in [5, 5.41) is 7.78. The van der Waals surface area contributed by atoms with Gasteiger partial charge >= 0.3 is 0 Å². The number of H-pyrrole nitrogens is 1. The molecule has 0 bridgehead atoms. The lowest BCUT2D eigenvalue weighted by molar-refractivity contribution is 0.0567. The van der Waals surface area contributed by atoms with Crippen LogP contribution in [0.2, 0.25) is 5.02 Å². The molecule has 2 aromatic rings. The summed E-state index contributed by atoms with van der Waals surface area (Å²) in [6.45, 7) is 3.45. The second kappa shape index (κ2) is 6.72. The van der Waals surface area contributed by atoms with Crippen molar-refractivity contribution in [3.8, 4) is 11.3 Å². The molecule has 0 radical (unpaired) electrons. The number of nitrogens with two attached hydrogens (primary N) is 1. The van der Waals surface area contributed by atoms with Crippen LogP contribution in [0.3, 0.4) is 0 Å². The van der Waals surface area contributed by atoms with Gasteiger partial charge in [0.25, 0.3) is 5.91 Å². The number of halogens is 1. The smallest absolute Gasteiger partial charge is 0.272 e. The predicted molar refractivity (Wildman–Crippen MR) is 91.3 cm³/mol. The molecule has 1 saturated heterocycles. The molecular formula is C17H21ClN4O. The molecule has 2 heterocycles. The first kappa shape index (κ1) is 16.0. The number of amides is 1. The summed E-state index contributed by atoms with van der Waals surface area (Å²) in [4.78, 5) is 14.6. The molecule has 2 atom stereocenters. The molecule has 5 nitrogen and oxygen atoms in total. The van der Waals surface area contributed by atoms with Crippen LogP contribution < -0.4 is 5.73 Å². The van der Waals surface area contributed by atoms with Gasteiger partial charge < -0.3 is 10.6 Å². The number of piperidine rings is 1. The third kappa shape index (κ3) is 3.41. The average molecular weight is 333 g/mol. The van der Waals surface area contributed by atoms with Crippen LogP contribution in [-0.4, -0.2) is 40.1 Å². The highest BCUT2D eigenvalue weighted by molar-refractivity contribution is 6.30. The molecule has 0 saturated carbocycles. The van der Waals surface area contributed by atoms with E-state index in [1.54, 1.807) is 6.07 Å². The zero-order chi connectivity index (χ0) is 16.4. The lowest BCUT2D eigenvalue weighted by Gasteiger charge is -2.37. The molecule has 0 aliphatic carbocycles. The van der Waals surface area contributed by atoms with E-state index in [9.17, 15) is 4.79 Å². The number of nitrogens with zero attached hydrogens (tertiary/aromatic N) is 2. The molecule has 2 unspecified atom stereocenters. The van der Waals surface area contributed by atoms with Gasteiger partial charge in [0.2, 0.25) is 0 Å². The quantitative estimate of drug-likeness (QED) is 0.907. The molecule has 1 aliphatic heterocycles. The minimum Gasteiger partial charge on any atom is -0.333 e. The summed E-state index contributed by atoms with van der Waals surface area (Å²) >= 11 is 5.90. The molecule has 1 aliphatic rings. The van der Waals surface area contributed by atoms with E-state index < -0.39 is 0 Å². The Morgan fingerprint density at radius 1 is 1.43 bits per heavy atom. The number of benzene rings is 1. The summed E-state index contributed by atoms with van der Waals surface area (Å²) in [6, 6.07) is 9.29. The maximum absolute atomic E-state index is 12.8. The normalized spacial score (nSPS) is 21.4. The van der Waals surface area contributed by atoms with Crippen LogP contribution >= 0.6 is 11.6 Å². The Balaban J connectivity index is 1.79. The zero-order valence-corrected chi connectivity index (χ0v) is 13.9. The van der Waals surface area contributed by atoms with E-state index in [1.807, 2.05) is 29.2 Å². The number of hydrogen-bond donors (Lipinski definition) is 2. The van der Waals surface area contributed by atoms with Gasteiger partial charge in [-0.15, -0.1) is 0 Å². The molecule has 6 heteroatoms. The molecular weight excluding hydrogens is 312 g/mol. The minimum atomic E-state index is -0.0277. The van der Waals surface area contributed by atoms with Crippen molar-refractivity contribution >= 4 is 17.5 Å². The van der Waals surface area contributed by atoms with Gasteiger partial charge in [-0.1, -0.05) is 30.7 Å². The zero-order valence-electron chi connectivity index (χ0n) is 13.1. The van der Waals surface area contributed by atoms with Crippen LogP contribution in [0, 0.1) is 5.92 Å². The Bertz CT molecular complexity index is 682.